The summed E-state index contributed by atoms with van der Waals surface area (Å²) in [6.45, 7) is 2.31. The highest BCUT2D eigenvalue weighted by Crippen LogP contribution is 2.51. The van der Waals surface area contributed by atoms with Crippen molar-refractivity contribution in [3.05, 3.63) is 35.2 Å². The Hall–Kier alpha value is -0.900. The SMILES string of the molecule is CCC1(C(NN)c2cccc3ccsc23)CCCC1. The molecule has 19 heavy (non-hydrogen) atoms. The molecule has 2 nitrogen and oxygen atoms in total. The summed E-state index contributed by atoms with van der Waals surface area (Å²) in [5, 5.41) is 3.52. The standard InChI is InChI=1S/C16H22N2S/c1-2-16(9-3-4-10-16)15(18-17)13-7-5-6-12-8-11-19-14(12)13/h5-8,11,15,18H,2-4,9-10,17H2,1H3. The molecule has 0 aliphatic heterocycles. The summed E-state index contributed by atoms with van der Waals surface area (Å²) in [6.07, 6.45) is 6.46. The molecule has 0 radical (unpaired) electrons. The van der Waals surface area contributed by atoms with Gasteiger partial charge in [-0.05, 0) is 47.1 Å². The molecular weight excluding hydrogens is 252 g/mol. The Balaban J connectivity index is 2.09. The molecule has 1 aromatic carbocycles. The zero-order valence-electron chi connectivity index (χ0n) is 11.5. The van der Waals surface area contributed by atoms with Crippen LogP contribution in [0.15, 0.2) is 29.6 Å². The Morgan fingerprint density at radius 3 is 2.79 bits per heavy atom. The molecule has 0 spiro atoms. The van der Waals surface area contributed by atoms with Crippen LogP contribution in [0.25, 0.3) is 10.1 Å². The van der Waals surface area contributed by atoms with Crippen molar-refractivity contribution >= 4 is 21.4 Å². The van der Waals surface area contributed by atoms with Crippen molar-refractivity contribution in [1.29, 1.82) is 0 Å². The van der Waals surface area contributed by atoms with Gasteiger partial charge >= 0.3 is 0 Å². The zero-order chi connectivity index (χ0) is 13.3. The van der Waals surface area contributed by atoms with Gasteiger partial charge in [-0.2, -0.15) is 0 Å². The highest BCUT2D eigenvalue weighted by atomic mass is 32.1. The lowest BCUT2D eigenvalue weighted by Crippen LogP contribution is -2.40. The first kappa shape index (κ1) is 13.1. The van der Waals surface area contributed by atoms with E-state index >= 15 is 0 Å². The molecule has 2 aromatic rings. The molecule has 1 aliphatic carbocycles. The number of thiophene rings is 1. The van der Waals surface area contributed by atoms with Gasteiger partial charge in [-0.3, -0.25) is 11.3 Å². The second kappa shape index (κ2) is 5.23. The molecule has 1 unspecified atom stereocenters. The number of benzene rings is 1. The van der Waals surface area contributed by atoms with Crippen LogP contribution in [-0.2, 0) is 0 Å². The predicted molar refractivity (Wildman–Crippen MR) is 83.1 cm³/mol. The molecule has 0 bridgehead atoms. The molecule has 102 valence electrons. The van der Waals surface area contributed by atoms with Crippen LogP contribution in [0.4, 0.5) is 0 Å². The molecule has 1 aromatic heterocycles. The van der Waals surface area contributed by atoms with E-state index in [4.69, 9.17) is 5.84 Å². The highest BCUT2D eigenvalue weighted by molar-refractivity contribution is 7.17. The van der Waals surface area contributed by atoms with Gasteiger partial charge in [0.15, 0.2) is 0 Å². The van der Waals surface area contributed by atoms with E-state index in [1.807, 2.05) is 11.3 Å². The van der Waals surface area contributed by atoms with E-state index in [1.165, 1.54) is 47.8 Å². The number of rotatable bonds is 4. The van der Waals surface area contributed by atoms with Gasteiger partial charge in [0.25, 0.3) is 0 Å². The highest BCUT2D eigenvalue weighted by Gasteiger charge is 2.40. The topological polar surface area (TPSA) is 38.0 Å². The fraction of sp³-hybridized carbons (Fsp3) is 0.500. The first-order chi connectivity index (χ1) is 9.30. The molecule has 1 atom stereocenters. The predicted octanol–water partition coefficient (Wildman–Crippen LogP) is 4.38. The van der Waals surface area contributed by atoms with Crippen molar-refractivity contribution in [2.24, 2.45) is 11.3 Å². The third-order valence-electron chi connectivity index (χ3n) is 4.90. The van der Waals surface area contributed by atoms with Gasteiger partial charge in [-0.1, -0.05) is 38.0 Å². The normalized spacial score (nSPS) is 19.9. The van der Waals surface area contributed by atoms with Crippen LogP contribution < -0.4 is 11.3 Å². The lowest BCUT2D eigenvalue weighted by Gasteiger charge is -2.37. The van der Waals surface area contributed by atoms with E-state index in [0.717, 1.165) is 0 Å². The van der Waals surface area contributed by atoms with Gasteiger partial charge in [0, 0.05) is 4.70 Å². The Labute approximate surface area is 119 Å². The van der Waals surface area contributed by atoms with Crippen molar-refractivity contribution in [2.75, 3.05) is 0 Å². The smallest absolute Gasteiger partial charge is 0.0530 e. The molecule has 1 saturated carbocycles. The zero-order valence-corrected chi connectivity index (χ0v) is 12.3. The first-order valence-electron chi connectivity index (χ1n) is 7.23. The van der Waals surface area contributed by atoms with E-state index in [-0.39, 0.29) is 6.04 Å². The first-order valence-corrected chi connectivity index (χ1v) is 8.11. The Morgan fingerprint density at radius 1 is 1.32 bits per heavy atom. The fourth-order valence-corrected chi connectivity index (χ4v) is 4.71. The summed E-state index contributed by atoms with van der Waals surface area (Å²) in [4.78, 5) is 0. The fourth-order valence-electron chi connectivity index (χ4n) is 3.77. The molecular formula is C16H22N2S. The largest absolute Gasteiger partial charge is 0.271 e. The minimum absolute atomic E-state index is 0.280. The summed E-state index contributed by atoms with van der Waals surface area (Å²) in [5.41, 5.74) is 4.87. The maximum absolute atomic E-state index is 5.96. The summed E-state index contributed by atoms with van der Waals surface area (Å²) >= 11 is 1.83. The Morgan fingerprint density at radius 2 is 2.11 bits per heavy atom. The molecule has 1 fully saturated rings. The van der Waals surface area contributed by atoms with Crippen molar-refractivity contribution in [2.45, 2.75) is 45.1 Å². The number of nitrogens with one attached hydrogen (secondary N) is 1. The van der Waals surface area contributed by atoms with Crippen LogP contribution in [0.5, 0.6) is 0 Å². The van der Waals surface area contributed by atoms with Crippen molar-refractivity contribution < 1.29 is 0 Å². The van der Waals surface area contributed by atoms with E-state index in [2.05, 4.69) is 42.0 Å². The number of nitrogens with two attached hydrogens (primary N) is 1. The summed E-state index contributed by atoms with van der Waals surface area (Å²) in [6, 6.07) is 9.08. The number of hydrazine groups is 1. The van der Waals surface area contributed by atoms with E-state index in [9.17, 15) is 0 Å². The van der Waals surface area contributed by atoms with Crippen LogP contribution in [0.2, 0.25) is 0 Å². The van der Waals surface area contributed by atoms with Crippen LogP contribution in [-0.4, -0.2) is 0 Å². The third-order valence-corrected chi connectivity index (χ3v) is 5.88. The van der Waals surface area contributed by atoms with Crippen LogP contribution in [0.1, 0.15) is 50.6 Å². The number of hydrogen-bond acceptors (Lipinski definition) is 3. The average Bonchev–Trinajstić information content (AvgIpc) is 3.09. The van der Waals surface area contributed by atoms with Gasteiger partial charge in [0.2, 0.25) is 0 Å². The summed E-state index contributed by atoms with van der Waals surface area (Å²) < 4.78 is 1.39. The molecule has 0 amide bonds. The lowest BCUT2D eigenvalue weighted by atomic mass is 9.73. The molecule has 3 rings (SSSR count). The average molecular weight is 274 g/mol. The van der Waals surface area contributed by atoms with Crippen LogP contribution >= 0.6 is 11.3 Å². The minimum Gasteiger partial charge on any atom is -0.271 e. The van der Waals surface area contributed by atoms with Crippen LogP contribution in [0, 0.1) is 5.41 Å². The molecule has 1 aliphatic rings. The Bertz CT molecular complexity index is 555. The van der Waals surface area contributed by atoms with Gasteiger partial charge in [0.05, 0.1) is 6.04 Å². The van der Waals surface area contributed by atoms with Crippen LogP contribution in [0.3, 0.4) is 0 Å². The van der Waals surface area contributed by atoms with Gasteiger partial charge in [0.1, 0.15) is 0 Å². The lowest BCUT2D eigenvalue weighted by molar-refractivity contribution is 0.189. The van der Waals surface area contributed by atoms with Gasteiger partial charge in [-0.25, -0.2) is 0 Å². The van der Waals surface area contributed by atoms with Crippen molar-refractivity contribution in [3.8, 4) is 0 Å². The quantitative estimate of drug-likeness (QED) is 0.641. The molecule has 1 heterocycles. The summed E-state index contributed by atoms with van der Waals surface area (Å²) in [5.74, 6) is 5.96. The van der Waals surface area contributed by atoms with Gasteiger partial charge < -0.3 is 0 Å². The molecule has 3 heteroatoms. The number of hydrogen-bond donors (Lipinski definition) is 2. The number of fused-ring (bicyclic) bond motifs is 1. The minimum atomic E-state index is 0.280. The van der Waals surface area contributed by atoms with Crippen molar-refractivity contribution in [1.82, 2.24) is 5.43 Å². The maximum atomic E-state index is 5.96. The third kappa shape index (κ3) is 2.10. The molecule has 0 saturated heterocycles. The monoisotopic (exact) mass is 274 g/mol. The van der Waals surface area contributed by atoms with Gasteiger partial charge in [-0.15, -0.1) is 11.3 Å². The van der Waals surface area contributed by atoms with Crippen molar-refractivity contribution in [3.63, 3.8) is 0 Å². The Kier molecular flexibility index (Phi) is 3.61. The second-order valence-corrected chi connectivity index (χ2v) is 6.63. The maximum Gasteiger partial charge on any atom is 0.0530 e. The second-order valence-electron chi connectivity index (χ2n) is 5.71. The van der Waals surface area contributed by atoms with E-state index in [0.29, 0.717) is 5.41 Å². The van der Waals surface area contributed by atoms with E-state index in [1.54, 1.807) is 0 Å². The molecule has 3 N–H and O–H groups in total. The summed E-state index contributed by atoms with van der Waals surface area (Å²) in [7, 11) is 0. The van der Waals surface area contributed by atoms with E-state index < -0.39 is 0 Å².